The number of fused-ring (bicyclic) bond motifs is 1. The summed E-state index contributed by atoms with van der Waals surface area (Å²) in [6.07, 6.45) is -0.973. The van der Waals surface area contributed by atoms with Crippen molar-refractivity contribution < 1.29 is 13.9 Å². The maximum Gasteiger partial charge on any atom is 0.141 e. The van der Waals surface area contributed by atoms with E-state index in [4.69, 9.17) is 16.0 Å². The Hall–Kier alpha value is -1.84. The lowest BCUT2D eigenvalue weighted by molar-refractivity contribution is 0.191. The number of aliphatic hydroxyl groups is 1. The van der Waals surface area contributed by atoms with Gasteiger partial charge in [0.1, 0.15) is 23.3 Å². The summed E-state index contributed by atoms with van der Waals surface area (Å²) < 4.78 is 18.9. The molecule has 0 spiro atoms. The average molecular weight is 291 g/mol. The molecule has 1 aromatic heterocycles. The van der Waals surface area contributed by atoms with E-state index in [2.05, 4.69) is 0 Å². The van der Waals surface area contributed by atoms with Gasteiger partial charge in [-0.3, -0.25) is 0 Å². The van der Waals surface area contributed by atoms with Crippen LogP contribution in [-0.4, -0.2) is 5.11 Å². The van der Waals surface area contributed by atoms with Gasteiger partial charge in [0.15, 0.2) is 0 Å². The summed E-state index contributed by atoms with van der Waals surface area (Å²) in [6, 6.07) is 11.3. The van der Waals surface area contributed by atoms with E-state index in [-0.39, 0.29) is 5.82 Å². The second-order valence-corrected chi connectivity index (χ2v) is 5.06. The quantitative estimate of drug-likeness (QED) is 0.747. The van der Waals surface area contributed by atoms with Crippen molar-refractivity contribution in [2.45, 2.75) is 13.0 Å². The number of rotatable bonds is 2. The van der Waals surface area contributed by atoms with E-state index < -0.39 is 6.10 Å². The van der Waals surface area contributed by atoms with Crippen molar-refractivity contribution >= 4 is 22.6 Å². The smallest absolute Gasteiger partial charge is 0.141 e. The summed E-state index contributed by atoms with van der Waals surface area (Å²) >= 11 is 6.08. The van der Waals surface area contributed by atoms with Gasteiger partial charge in [0, 0.05) is 21.5 Å². The van der Waals surface area contributed by atoms with Gasteiger partial charge in [-0.05, 0) is 31.2 Å². The van der Waals surface area contributed by atoms with Crippen molar-refractivity contribution in [1.29, 1.82) is 0 Å². The highest BCUT2D eigenvalue weighted by Gasteiger charge is 2.21. The van der Waals surface area contributed by atoms with Crippen LogP contribution in [0.2, 0.25) is 5.02 Å². The lowest BCUT2D eigenvalue weighted by Gasteiger charge is -2.10. The highest BCUT2D eigenvalue weighted by atomic mass is 35.5. The third-order valence-electron chi connectivity index (χ3n) is 3.38. The predicted octanol–water partition coefficient (Wildman–Crippen LogP) is 4.62. The van der Waals surface area contributed by atoms with E-state index in [1.54, 1.807) is 37.3 Å². The first kappa shape index (κ1) is 13.2. The van der Waals surface area contributed by atoms with E-state index in [1.807, 2.05) is 0 Å². The molecule has 1 unspecified atom stereocenters. The van der Waals surface area contributed by atoms with Crippen LogP contribution in [0.1, 0.15) is 23.0 Å². The molecule has 20 heavy (non-hydrogen) atoms. The van der Waals surface area contributed by atoms with Crippen molar-refractivity contribution in [3.63, 3.8) is 0 Å². The summed E-state index contributed by atoms with van der Waals surface area (Å²) in [5, 5.41) is 11.6. The van der Waals surface area contributed by atoms with E-state index in [9.17, 15) is 9.50 Å². The Kier molecular flexibility index (Phi) is 3.24. The largest absolute Gasteiger partial charge is 0.458 e. The molecule has 2 nitrogen and oxygen atoms in total. The summed E-state index contributed by atoms with van der Waals surface area (Å²) in [4.78, 5) is 0. The molecule has 0 aliphatic carbocycles. The number of aliphatic hydroxyl groups excluding tert-OH is 1. The highest BCUT2D eigenvalue weighted by molar-refractivity contribution is 6.31. The average Bonchev–Trinajstić information content (AvgIpc) is 2.76. The molecular formula is C16H12ClFO2. The Morgan fingerprint density at radius 2 is 1.95 bits per heavy atom. The zero-order valence-corrected chi connectivity index (χ0v) is 11.5. The van der Waals surface area contributed by atoms with Crippen LogP contribution in [0.3, 0.4) is 0 Å². The molecule has 3 aromatic rings. The van der Waals surface area contributed by atoms with E-state index in [0.717, 1.165) is 0 Å². The molecule has 0 amide bonds. The van der Waals surface area contributed by atoms with Gasteiger partial charge >= 0.3 is 0 Å². The van der Waals surface area contributed by atoms with Crippen LogP contribution in [0.25, 0.3) is 11.0 Å². The second kappa shape index (κ2) is 4.93. The second-order valence-electron chi connectivity index (χ2n) is 4.66. The number of aryl methyl sites for hydroxylation is 1. The summed E-state index contributed by atoms with van der Waals surface area (Å²) in [7, 11) is 0. The molecule has 0 saturated heterocycles. The third kappa shape index (κ3) is 2.09. The first-order valence-corrected chi connectivity index (χ1v) is 6.57. The maximum absolute atomic E-state index is 13.3. The van der Waals surface area contributed by atoms with Crippen molar-refractivity contribution in [3.8, 4) is 0 Å². The zero-order chi connectivity index (χ0) is 14.3. The monoisotopic (exact) mass is 290 g/mol. The topological polar surface area (TPSA) is 33.4 Å². The van der Waals surface area contributed by atoms with Crippen molar-refractivity contribution in [3.05, 3.63) is 70.2 Å². The zero-order valence-electron chi connectivity index (χ0n) is 10.7. The molecule has 2 aromatic carbocycles. The number of furan rings is 1. The molecule has 0 aliphatic heterocycles. The Labute approximate surface area is 120 Å². The standard InChI is InChI=1S/C16H12ClFO2/c1-9-12-8-10(18)6-7-14(12)20-16(9)15(19)11-4-2-3-5-13(11)17/h2-8,15,19H,1H3. The van der Waals surface area contributed by atoms with E-state index in [0.29, 0.717) is 32.9 Å². The molecule has 0 fully saturated rings. The van der Waals surface area contributed by atoms with Crippen molar-refractivity contribution in [1.82, 2.24) is 0 Å². The molecule has 0 bridgehead atoms. The lowest BCUT2D eigenvalue weighted by Crippen LogP contribution is -2.00. The minimum atomic E-state index is -0.973. The number of halogens is 2. The molecule has 0 aliphatic rings. The molecule has 102 valence electrons. The van der Waals surface area contributed by atoms with Gasteiger partial charge in [-0.1, -0.05) is 29.8 Å². The van der Waals surface area contributed by atoms with Crippen molar-refractivity contribution in [2.75, 3.05) is 0 Å². The third-order valence-corrected chi connectivity index (χ3v) is 3.73. The Bertz CT molecular complexity index is 779. The van der Waals surface area contributed by atoms with Gasteiger partial charge in [-0.15, -0.1) is 0 Å². The first-order chi connectivity index (χ1) is 9.58. The molecule has 0 radical (unpaired) electrons. The van der Waals surface area contributed by atoms with Crippen LogP contribution < -0.4 is 0 Å². The fourth-order valence-corrected chi connectivity index (χ4v) is 2.55. The van der Waals surface area contributed by atoms with Gasteiger partial charge in [-0.2, -0.15) is 0 Å². The highest BCUT2D eigenvalue weighted by Crippen LogP contribution is 2.35. The minimum Gasteiger partial charge on any atom is -0.458 e. The summed E-state index contributed by atoms with van der Waals surface area (Å²) in [6.45, 7) is 1.79. The Balaban J connectivity index is 2.15. The van der Waals surface area contributed by atoms with Gasteiger partial charge in [-0.25, -0.2) is 4.39 Å². The van der Waals surface area contributed by atoms with Gasteiger partial charge in [0.05, 0.1) is 0 Å². The molecule has 1 heterocycles. The van der Waals surface area contributed by atoms with Crippen LogP contribution in [0.4, 0.5) is 4.39 Å². The van der Waals surface area contributed by atoms with Crippen LogP contribution in [-0.2, 0) is 0 Å². The predicted molar refractivity (Wildman–Crippen MR) is 76.4 cm³/mol. The summed E-state index contributed by atoms with van der Waals surface area (Å²) in [5.41, 5.74) is 1.83. The fourth-order valence-electron chi connectivity index (χ4n) is 2.31. The van der Waals surface area contributed by atoms with Crippen LogP contribution >= 0.6 is 11.6 Å². The number of hydrogen-bond donors (Lipinski definition) is 1. The van der Waals surface area contributed by atoms with Crippen molar-refractivity contribution in [2.24, 2.45) is 0 Å². The lowest BCUT2D eigenvalue weighted by atomic mass is 10.0. The molecule has 3 rings (SSSR count). The molecule has 4 heteroatoms. The summed E-state index contributed by atoms with van der Waals surface area (Å²) in [5.74, 6) is 0.0545. The van der Waals surface area contributed by atoms with E-state index >= 15 is 0 Å². The Morgan fingerprint density at radius 1 is 1.20 bits per heavy atom. The first-order valence-electron chi connectivity index (χ1n) is 6.19. The minimum absolute atomic E-state index is 0.333. The van der Waals surface area contributed by atoms with Crippen LogP contribution in [0.5, 0.6) is 0 Å². The normalized spacial score (nSPS) is 12.8. The molecule has 0 saturated carbocycles. The SMILES string of the molecule is Cc1c(C(O)c2ccccc2Cl)oc2ccc(F)cc12. The van der Waals surface area contributed by atoms with Gasteiger partial charge in [0.2, 0.25) is 0 Å². The molecule has 1 atom stereocenters. The maximum atomic E-state index is 13.3. The van der Waals surface area contributed by atoms with Gasteiger partial charge in [0.25, 0.3) is 0 Å². The number of benzene rings is 2. The fraction of sp³-hybridized carbons (Fsp3) is 0.125. The molecule has 1 N–H and O–H groups in total. The van der Waals surface area contributed by atoms with E-state index in [1.165, 1.54) is 12.1 Å². The van der Waals surface area contributed by atoms with Crippen LogP contribution in [0.15, 0.2) is 46.9 Å². The molecular weight excluding hydrogens is 279 g/mol. The van der Waals surface area contributed by atoms with Gasteiger partial charge < -0.3 is 9.52 Å². The number of hydrogen-bond acceptors (Lipinski definition) is 2. The van der Waals surface area contributed by atoms with Crippen LogP contribution in [0, 0.1) is 12.7 Å². The Morgan fingerprint density at radius 3 is 2.70 bits per heavy atom.